The molecule has 0 radical (unpaired) electrons. The first-order chi connectivity index (χ1) is 10.7. The van der Waals surface area contributed by atoms with Crippen LogP contribution < -0.4 is 5.32 Å². The van der Waals surface area contributed by atoms with E-state index in [0.29, 0.717) is 5.02 Å². The number of hydrogen-bond acceptors (Lipinski definition) is 4. The van der Waals surface area contributed by atoms with Gasteiger partial charge in [0.05, 0.1) is 20.7 Å². The molecule has 1 aromatic carbocycles. The first kappa shape index (κ1) is 17.5. The largest absolute Gasteiger partial charge is 0.322 e. The second-order valence-corrected chi connectivity index (χ2v) is 5.98. The molecule has 1 amide bonds. The quantitative estimate of drug-likeness (QED) is 0.644. The predicted octanol–water partition coefficient (Wildman–Crippen LogP) is 4.01. The Morgan fingerprint density at radius 2 is 1.87 bits per heavy atom. The normalized spacial score (nSPS) is 10.7. The number of aromatic nitrogens is 2. The molecule has 122 valence electrons. The molecule has 7 nitrogen and oxygen atoms in total. The Morgan fingerprint density at radius 3 is 2.35 bits per heavy atom. The molecule has 0 aliphatic carbocycles. The van der Waals surface area contributed by atoms with Gasteiger partial charge in [0.25, 0.3) is 0 Å². The first-order valence-electron chi connectivity index (χ1n) is 6.33. The van der Waals surface area contributed by atoms with Gasteiger partial charge in [0.15, 0.2) is 0 Å². The van der Waals surface area contributed by atoms with Gasteiger partial charge >= 0.3 is 5.69 Å². The second-order valence-electron chi connectivity index (χ2n) is 4.73. The molecule has 1 heterocycles. The van der Waals surface area contributed by atoms with Crippen LogP contribution in [0, 0.1) is 24.0 Å². The number of nitro groups is 1. The van der Waals surface area contributed by atoms with Crippen LogP contribution in [-0.2, 0) is 11.3 Å². The Kier molecular flexibility index (Phi) is 5.13. The zero-order valence-electron chi connectivity index (χ0n) is 12.1. The van der Waals surface area contributed by atoms with Crippen LogP contribution in [0.15, 0.2) is 12.1 Å². The molecule has 1 N–H and O–H groups in total. The minimum Gasteiger partial charge on any atom is -0.322 e. The zero-order valence-corrected chi connectivity index (χ0v) is 14.3. The third kappa shape index (κ3) is 3.74. The molecule has 0 spiro atoms. The third-order valence-electron chi connectivity index (χ3n) is 3.09. The first-order valence-corrected chi connectivity index (χ1v) is 7.47. The van der Waals surface area contributed by atoms with E-state index in [1.54, 1.807) is 0 Å². The molecule has 0 saturated heterocycles. The maximum absolute atomic E-state index is 12.1. The highest BCUT2D eigenvalue weighted by Gasteiger charge is 2.23. The molecule has 0 aliphatic rings. The Labute approximate surface area is 146 Å². The van der Waals surface area contributed by atoms with Crippen LogP contribution in [0.3, 0.4) is 0 Å². The second kappa shape index (κ2) is 6.74. The Hall–Kier alpha value is -1.83. The number of nitrogens with one attached hydrogen (secondary N) is 1. The van der Waals surface area contributed by atoms with Crippen LogP contribution in [0.5, 0.6) is 0 Å². The summed E-state index contributed by atoms with van der Waals surface area (Å²) in [5.74, 6) is -0.475. The van der Waals surface area contributed by atoms with Crippen molar-refractivity contribution in [1.29, 1.82) is 0 Å². The minimum absolute atomic E-state index is 0.111. The van der Waals surface area contributed by atoms with Crippen molar-refractivity contribution in [3.05, 3.63) is 48.7 Å². The van der Waals surface area contributed by atoms with Crippen LogP contribution in [0.1, 0.15) is 11.4 Å². The SMILES string of the molecule is Cc1nn(CC(=O)Nc2c(Cl)cc(Cl)cc2Cl)c(C)c1[N+](=O)[O-]. The van der Waals surface area contributed by atoms with E-state index in [1.165, 1.54) is 30.7 Å². The fourth-order valence-corrected chi connectivity index (χ4v) is 2.99. The Bertz CT molecular complexity index is 781. The Balaban J connectivity index is 2.21. The van der Waals surface area contributed by atoms with E-state index in [0.717, 1.165) is 0 Å². The molecule has 0 unspecified atom stereocenters. The molecule has 1 aromatic heterocycles. The third-order valence-corrected chi connectivity index (χ3v) is 3.90. The van der Waals surface area contributed by atoms with Crippen molar-refractivity contribution in [2.75, 3.05) is 5.32 Å². The molecular formula is C13H11Cl3N4O3. The van der Waals surface area contributed by atoms with Crippen molar-refractivity contribution in [3.63, 3.8) is 0 Å². The number of rotatable bonds is 4. The highest BCUT2D eigenvalue weighted by atomic mass is 35.5. The number of carbonyl (C=O) groups excluding carboxylic acids is 1. The molecule has 0 aliphatic heterocycles. The standard InChI is InChI=1S/C13H11Cl3N4O3/c1-6-13(20(22)23)7(2)19(18-6)5-11(21)17-12-9(15)3-8(14)4-10(12)16/h3-4H,5H2,1-2H3,(H,17,21). The molecule has 2 rings (SSSR count). The van der Waals surface area contributed by atoms with E-state index in [-0.39, 0.29) is 39.4 Å². The highest BCUT2D eigenvalue weighted by Crippen LogP contribution is 2.33. The number of hydrogen-bond donors (Lipinski definition) is 1. The van der Waals surface area contributed by atoms with Crippen molar-refractivity contribution >= 4 is 52.1 Å². The molecule has 0 fully saturated rings. The maximum Gasteiger partial charge on any atom is 0.312 e. The number of carbonyl (C=O) groups is 1. The van der Waals surface area contributed by atoms with Gasteiger partial charge in [0, 0.05) is 5.02 Å². The fourth-order valence-electron chi connectivity index (χ4n) is 2.08. The van der Waals surface area contributed by atoms with Gasteiger partial charge in [-0.1, -0.05) is 34.8 Å². The number of aryl methyl sites for hydroxylation is 1. The number of nitrogens with zero attached hydrogens (tertiary/aromatic N) is 3. The molecule has 0 saturated carbocycles. The number of amides is 1. The average Bonchev–Trinajstić information content (AvgIpc) is 2.68. The number of anilines is 1. The smallest absolute Gasteiger partial charge is 0.312 e. The van der Waals surface area contributed by atoms with E-state index in [4.69, 9.17) is 34.8 Å². The lowest BCUT2D eigenvalue weighted by Crippen LogP contribution is -2.20. The van der Waals surface area contributed by atoms with E-state index < -0.39 is 10.8 Å². The number of benzene rings is 1. The molecule has 23 heavy (non-hydrogen) atoms. The van der Waals surface area contributed by atoms with Crippen LogP contribution in [0.2, 0.25) is 15.1 Å². The predicted molar refractivity (Wildman–Crippen MR) is 88.5 cm³/mol. The summed E-state index contributed by atoms with van der Waals surface area (Å²) < 4.78 is 1.25. The fraction of sp³-hybridized carbons (Fsp3) is 0.231. The summed E-state index contributed by atoms with van der Waals surface area (Å²) >= 11 is 17.8. The van der Waals surface area contributed by atoms with Crippen molar-refractivity contribution in [1.82, 2.24) is 9.78 Å². The zero-order chi connectivity index (χ0) is 17.3. The van der Waals surface area contributed by atoms with Gasteiger partial charge in [0.2, 0.25) is 5.91 Å². The van der Waals surface area contributed by atoms with E-state index in [2.05, 4.69) is 10.4 Å². The molecule has 2 aromatic rings. The van der Waals surface area contributed by atoms with Gasteiger partial charge in [0.1, 0.15) is 17.9 Å². The molecule has 10 heteroatoms. The van der Waals surface area contributed by atoms with Gasteiger partial charge in [-0.25, -0.2) is 0 Å². The summed E-state index contributed by atoms with van der Waals surface area (Å²) in [6.07, 6.45) is 0. The van der Waals surface area contributed by atoms with E-state index >= 15 is 0 Å². The van der Waals surface area contributed by atoms with Gasteiger partial charge in [-0.05, 0) is 26.0 Å². The molecule has 0 bridgehead atoms. The lowest BCUT2D eigenvalue weighted by Gasteiger charge is -2.10. The summed E-state index contributed by atoms with van der Waals surface area (Å²) in [6, 6.07) is 2.89. The minimum atomic E-state index is -0.529. The molecular weight excluding hydrogens is 367 g/mol. The van der Waals surface area contributed by atoms with Gasteiger partial charge in [-0.15, -0.1) is 0 Å². The van der Waals surface area contributed by atoms with Gasteiger partial charge in [-0.3, -0.25) is 19.6 Å². The summed E-state index contributed by atoms with van der Waals surface area (Å²) in [6.45, 7) is 2.82. The summed E-state index contributed by atoms with van der Waals surface area (Å²) in [5, 5.41) is 18.2. The van der Waals surface area contributed by atoms with Crippen molar-refractivity contribution in [2.24, 2.45) is 0 Å². The molecule has 0 atom stereocenters. The lowest BCUT2D eigenvalue weighted by molar-refractivity contribution is -0.386. The lowest BCUT2D eigenvalue weighted by atomic mass is 10.3. The topological polar surface area (TPSA) is 90.1 Å². The monoisotopic (exact) mass is 376 g/mol. The Morgan fingerprint density at radius 1 is 1.30 bits per heavy atom. The van der Waals surface area contributed by atoms with Crippen molar-refractivity contribution in [2.45, 2.75) is 20.4 Å². The maximum atomic E-state index is 12.1. The summed E-state index contributed by atoms with van der Waals surface area (Å²) in [4.78, 5) is 22.6. The van der Waals surface area contributed by atoms with Crippen LogP contribution in [-0.4, -0.2) is 20.6 Å². The van der Waals surface area contributed by atoms with E-state index in [1.807, 2.05) is 0 Å². The highest BCUT2D eigenvalue weighted by molar-refractivity contribution is 6.42. The van der Waals surface area contributed by atoms with Crippen molar-refractivity contribution < 1.29 is 9.72 Å². The van der Waals surface area contributed by atoms with Crippen LogP contribution >= 0.6 is 34.8 Å². The van der Waals surface area contributed by atoms with E-state index in [9.17, 15) is 14.9 Å². The average molecular weight is 378 g/mol. The van der Waals surface area contributed by atoms with Crippen LogP contribution in [0.25, 0.3) is 0 Å². The van der Waals surface area contributed by atoms with Crippen LogP contribution in [0.4, 0.5) is 11.4 Å². The summed E-state index contributed by atoms with van der Waals surface area (Å²) in [5.41, 5.74) is 0.637. The van der Waals surface area contributed by atoms with Crippen molar-refractivity contribution in [3.8, 4) is 0 Å². The number of halogens is 3. The van der Waals surface area contributed by atoms with Gasteiger partial charge < -0.3 is 5.32 Å². The van der Waals surface area contributed by atoms with Gasteiger partial charge in [-0.2, -0.15) is 5.10 Å². The summed E-state index contributed by atoms with van der Waals surface area (Å²) in [7, 11) is 0.